The van der Waals surface area contributed by atoms with Gasteiger partial charge in [-0.15, -0.1) is 0 Å². The number of likely N-dealkylation sites (tertiary alicyclic amines) is 1. The van der Waals surface area contributed by atoms with Crippen molar-refractivity contribution in [3.8, 4) is 0 Å². The van der Waals surface area contributed by atoms with Gasteiger partial charge in [-0.05, 0) is 20.5 Å². The van der Waals surface area contributed by atoms with Crippen molar-refractivity contribution in [3.63, 3.8) is 0 Å². The molecule has 6 nitrogen and oxygen atoms in total. The van der Waals surface area contributed by atoms with E-state index < -0.39 is 4.92 Å². The van der Waals surface area contributed by atoms with Gasteiger partial charge >= 0.3 is 0 Å². The van der Waals surface area contributed by atoms with Crippen molar-refractivity contribution in [2.45, 2.75) is 12.5 Å². The molecule has 2 rings (SSSR count). The van der Waals surface area contributed by atoms with Crippen LogP contribution in [0.5, 0.6) is 0 Å². The van der Waals surface area contributed by atoms with Crippen molar-refractivity contribution in [3.05, 3.63) is 37.9 Å². The maximum absolute atomic E-state index is 12.5. The Morgan fingerprint density at radius 1 is 1.43 bits per heavy atom. The van der Waals surface area contributed by atoms with Gasteiger partial charge in [0.05, 0.1) is 20.5 Å². The third kappa shape index (κ3) is 3.28. The molecular formula is C13H15Cl2N3O3. The molecule has 8 heteroatoms. The fourth-order valence-electron chi connectivity index (χ4n) is 2.35. The second-order valence-corrected chi connectivity index (χ2v) is 5.99. The van der Waals surface area contributed by atoms with Crippen molar-refractivity contribution in [1.29, 1.82) is 0 Å². The molecule has 1 fully saturated rings. The van der Waals surface area contributed by atoms with Gasteiger partial charge in [0, 0.05) is 31.3 Å². The molecule has 0 N–H and O–H groups in total. The van der Waals surface area contributed by atoms with Crippen LogP contribution in [0.25, 0.3) is 0 Å². The molecule has 0 radical (unpaired) electrons. The zero-order valence-electron chi connectivity index (χ0n) is 11.7. The van der Waals surface area contributed by atoms with Crippen molar-refractivity contribution in [2.75, 3.05) is 27.2 Å². The zero-order valence-corrected chi connectivity index (χ0v) is 13.2. The van der Waals surface area contributed by atoms with E-state index in [0.29, 0.717) is 13.1 Å². The molecule has 1 aromatic carbocycles. The average Bonchev–Trinajstić information content (AvgIpc) is 2.90. The molecule has 1 amide bonds. The molecule has 0 spiro atoms. The first-order chi connectivity index (χ1) is 9.81. The summed E-state index contributed by atoms with van der Waals surface area (Å²) >= 11 is 11.9. The summed E-state index contributed by atoms with van der Waals surface area (Å²) in [7, 11) is 3.91. The molecule has 1 aromatic rings. The number of benzene rings is 1. The molecule has 1 heterocycles. The molecule has 1 unspecified atom stereocenters. The van der Waals surface area contributed by atoms with Gasteiger partial charge < -0.3 is 9.80 Å². The van der Waals surface area contributed by atoms with E-state index in [2.05, 4.69) is 4.90 Å². The second-order valence-electron chi connectivity index (χ2n) is 5.20. The third-order valence-corrected chi connectivity index (χ3v) is 4.44. The van der Waals surface area contributed by atoms with E-state index in [9.17, 15) is 14.9 Å². The first-order valence-electron chi connectivity index (χ1n) is 6.40. The number of nitro benzene ring substituents is 1. The van der Waals surface area contributed by atoms with Crippen LogP contribution in [0, 0.1) is 10.1 Å². The van der Waals surface area contributed by atoms with E-state index >= 15 is 0 Å². The topological polar surface area (TPSA) is 66.7 Å². The number of likely N-dealkylation sites (N-methyl/N-ethyl adjacent to an activating group) is 1. The minimum absolute atomic E-state index is 0.0116. The highest BCUT2D eigenvalue weighted by Crippen LogP contribution is 2.32. The third-order valence-electron chi connectivity index (χ3n) is 3.64. The van der Waals surface area contributed by atoms with Crippen LogP contribution in [0.4, 0.5) is 5.69 Å². The first kappa shape index (κ1) is 16.0. The molecule has 0 aliphatic carbocycles. The number of carbonyl (C=O) groups is 1. The van der Waals surface area contributed by atoms with Gasteiger partial charge in [-0.3, -0.25) is 14.9 Å². The summed E-state index contributed by atoms with van der Waals surface area (Å²) in [5.41, 5.74) is -0.161. The van der Waals surface area contributed by atoms with Crippen LogP contribution in [0.3, 0.4) is 0 Å². The summed E-state index contributed by atoms with van der Waals surface area (Å²) < 4.78 is 0. The van der Waals surface area contributed by atoms with Gasteiger partial charge in [0.1, 0.15) is 0 Å². The summed E-state index contributed by atoms with van der Waals surface area (Å²) in [4.78, 5) is 26.5. The van der Waals surface area contributed by atoms with E-state index in [1.165, 1.54) is 6.07 Å². The quantitative estimate of drug-likeness (QED) is 0.630. The summed E-state index contributed by atoms with van der Waals surface area (Å²) in [6, 6.07) is 2.61. The van der Waals surface area contributed by atoms with E-state index in [0.717, 1.165) is 12.5 Å². The number of amides is 1. The average molecular weight is 332 g/mol. The Bertz CT molecular complexity index is 592. The van der Waals surface area contributed by atoms with E-state index in [1.54, 1.807) is 4.90 Å². The van der Waals surface area contributed by atoms with Crippen molar-refractivity contribution >= 4 is 34.8 Å². The molecule has 0 saturated carbocycles. The van der Waals surface area contributed by atoms with Gasteiger partial charge in [-0.2, -0.15) is 0 Å². The summed E-state index contributed by atoms with van der Waals surface area (Å²) in [6.45, 7) is 1.17. The Hall–Kier alpha value is -1.37. The van der Waals surface area contributed by atoms with Crippen LogP contribution in [0.1, 0.15) is 16.8 Å². The zero-order chi connectivity index (χ0) is 15.7. The molecule has 1 atom stereocenters. The lowest BCUT2D eigenvalue weighted by Crippen LogP contribution is -2.34. The van der Waals surface area contributed by atoms with Crippen LogP contribution in [0.2, 0.25) is 10.0 Å². The van der Waals surface area contributed by atoms with Crippen molar-refractivity contribution < 1.29 is 9.72 Å². The van der Waals surface area contributed by atoms with Gasteiger partial charge in [-0.25, -0.2) is 0 Å². The Morgan fingerprint density at radius 3 is 2.62 bits per heavy atom. The largest absolute Gasteiger partial charge is 0.337 e. The molecule has 21 heavy (non-hydrogen) atoms. The SMILES string of the molecule is CN(C)C1CCN(C(=O)c2cc([N+](=O)[O-])cc(Cl)c2Cl)C1. The minimum atomic E-state index is -0.592. The highest BCUT2D eigenvalue weighted by molar-refractivity contribution is 6.44. The lowest BCUT2D eigenvalue weighted by atomic mass is 10.1. The number of hydrogen-bond donors (Lipinski definition) is 0. The highest BCUT2D eigenvalue weighted by Gasteiger charge is 2.30. The second kappa shape index (κ2) is 6.17. The predicted octanol–water partition coefficient (Wildman–Crippen LogP) is 2.68. The Labute approximate surface area is 132 Å². The van der Waals surface area contributed by atoms with Gasteiger partial charge in [0.25, 0.3) is 11.6 Å². The normalized spacial score (nSPS) is 18.3. The van der Waals surface area contributed by atoms with Gasteiger partial charge in [0.15, 0.2) is 0 Å². The van der Waals surface area contributed by atoms with Gasteiger partial charge in [-0.1, -0.05) is 23.2 Å². The van der Waals surface area contributed by atoms with Crippen molar-refractivity contribution in [2.24, 2.45) is 0 Å². The van der Waals surface area contributed by atoms with E-state index in [1.807, 2.05) is 14.1 Å². The molecule has 0 bridgehead atoms. The number of non-ortho nitro benzene ring substituents is 1. The number of carbonyl (C=O) groups excluding carboxylic acids is 1. The molecule has 1 aliphatic rings. The molecule has 1 aliphatic heterocycles. The number of rotatable bonds is 3. The Morgan fingerprint density at radius 2 is 2.10 bits per heavy atom. The highest BCUT2D eigenvalue weighted by atomic mass is 35.5. The van der Waals surface area contributed by atoms with Crippen molar-refractivity contribution in [1.82, 2.24) is 9.80 Å². The lowest BCUT2D eigenvalue weighted by Gasteiger charge is -2.20. The lowest BCUT2D eigenvalue weighted by molar-refractivity contribution is -0.384. The fourth-order valence-corrected chi connectivity index (χ4v) is 2.76. The minimum Gasteiger partial charge on any atom is -0.337 e. The van der Waals surface area contributed by atoms with E-state index in [-0.39, 0.29) is 33.2 Å². The van der Waals surface area contributed by atoms with Crippen LogP contribution < -0.4 is 0 Å². The predicted molar refractivity (Wildman–Crippen MR) is 81.1 cm³/mol. The molecule has 0 aromatic heterocycles. The van der Waals surface area contributed by atoms with Crippen LogP contribution in [0.15, 0.2) is 12.1 Å². The molecule has 114 valence electrons. The summed E-state index contributed by atoms with van der Waals surface area (Å²) in [6.07, 6.45) is 0.860. The number of nitrogens with zero attached hydrogens (tertiary/aromatic N) is 3. The van der Waals surface area contributed by atoms with Crippen LogP contribution in [-0.2, 0) is 0 Å². The standard InChI is InChI=1S/C13H15Cl2N3O3/c1-16(2)8-3-4-17(7-8)13(19)10-5-9(18(20)21)6-11(14)12(10)15/h5-6,8H,3-4,7H2,1-2H3. The Kier molecular flexibility index (Phi) is 4.70. The van der Waals surface area contributed by atoms with E-state index in [4.69, 9.17) is 23.2 Å². The molecule has 1 saturated heterocycles. The van der Waals surface area contributed by atoms with Crippen LogP contribution >= 0.6 is 23.2 Å². The maximum atomic E-state index is 12.5. The number of hydrogen-bond acceptors (Lipinski definition) is 4. The maximum Gasteiger partial charge on any atom is 0.271 e. The van der Waals surface area contributed by atoms with Crippen LogP contribution in [-0.4, -0.2) is 53.9 Å². The fraction of sp³-hybridized carbons (Fsp3) is 0.462. The van der Waals surface area contributed by atoms with Gasteiger partial charge in [0.2, 0.25) is 0 Å². The summed E-state index contributed by atoms with van der Waals surface area (Å²) in [5, 5.41) is 10.9. The number of nitro groups is 1. The summed E-state index contributed by atoms with van der Waals surface area (Å²) in [5.74, 6) is -0.324. The monoisotopic (exact) mass is 331 g/mol. The number of halogens is 2. The molecular weight excluding hydrogens is 317 g/mol. The Balaban J connectivity index is 2.29. The smallest absolute Gasteiger partial charge is 0.271 e. The first-order valence-corrected chi connectivity index (χ1v) is 7.16.